The third-order valence-corrected chi connectivity index (χ3v) is 2.83. The summed E-state index contributed by atoms with van der Waals surface area (Å²) in [6, 6.07) is 8.93. The van der Waals surface area contributed by atoms with Crippen molar-refractivity contribution >= 4 is 17.3 Å². The van der Waals surface area contributed by atoms with Gasteiger partial charge in [-0.05, 0) is 24.3 Å². The summed E-state index contributed by atoms with van der Waals surface area (Å²) in [6.45, 7) is 0.396. The smallest absolute Gasteiger partial charge is 0.129 e. The number of anilines is 1. The van der Waals surface area contributed by atoms with Gasteiger partial charge in [0.2, 0.25) is 0 Å². The molecule has 0 bridgehead atoms. The Labute approximate surface area is 110 Å². The van der Waals surface area contributed by atoms with Crippen LogP contribution in [0, 0.1) is 0 Å². The van der Waals surface area contributed by atoms with E-state index in [1.54, 1.807) is 25.3 Å². The molecule has 18 heavy (non-hydrogen) atoms. The van der Waals surface area contributed by atoms with E-state index in [0.29, 0.717) is 17.3 Å². The third-order valence-electron chi connectivity index (χ3n) is 2.50. The van der Waals surface area contributed by atoms with E-state index in [2.05, 4.69) is 5.32 Å². The maximum absolute atomic E-state index is 8.90. The molecule has 0 radical (unpaired) electrons. The number of ether oxygens (including phenoxy) is 1. The molecule has 0 saturated carbocycles. The predicted octanol–water partition coefficient (Wildman–Crippen LogP) is 3.05. The summed E-state index contributed by atoms with van der Waals surface area (Å²) in [5, 5.41) is 12.7. The Bertz CT molecular complexity index is 525. The highest BCUT2D eigenvalue weighted by molar-refractivity contribution is 6.33. The molecule has 4 nitrogen and oxygen atoms in total. The van der Waals surface area contributed by atoms with Crippen LogP contribution < -0.4 is 10.1 Å². The van der Waals surface area contributed by atoms with Crippen molar-refractivity contribution in [1.29, 1.82) is 0 Å². The van der Waals surface area contributed by atoms with Crippen LogP contribution in [0.2, 0.25) is 5.02 Å². The molecule has 0 fully saturated rings. The zero-order valence-corrected chi connectivity index (χ0v) is 10.7. The van der Waals surface area contributed by atoms with Crippen molar-refractivity contribution in [3.8, 4) is 5.75 Å². The minimum Gasteiger partial charge on any atom is -0.497 e. The van der Waals surface area contributed by atoms with Crippen molar-refractivity contribution in [1.82, 2.24) is 0 Å². The second kappa shape index (κ2) is 5.80. The Balaban J connectivity index is 2.05. The van der Waals surface area contributed by atoms with Crippen LogP contribution in [-0.4, -0.2) is 12.2 Å². The number of hydrogen-bond donors (Lipinski definition) is 2. The normalized spacial score (nSPS) is 10.4. The predicted molar refractivity (Wildman–Crippen MR) is 70.0 cm³/mol. The molecule has 2 rings (SSSR count). The van der Waals surface area contributed by atoms with Gasteiger partial charge in [0.15, 0.2) is 0 Å². The van der Waals surface area contributed by atoms with Gasteiger partial charge in [0.1, 0.15) is 23.9 Å². The fourth-order valence-electron chi connectivity index (χ4n) is 1.55. The van der Waals surface area contributed by atoms with E-state index >= 15 is 0 Å². The number of halogens is 1. The summed E-state index contributed by atoms with van der Waals surface area (Å²) >= 11 is 6.06. The van der Waals surface area contributed by atoms with Crippen molar-refractivity contribution < 1.29 is 14.3 Å². The summed E-state index contributed by atoms with van der Waals surface area (Å²) in [4.78, 5) is 0. The number of nitrogens with one attached hydrogen (secondary N) is 1. The molecule has 0 aliphatic carbocycles. The second-order valence-corrected chi connectivity index (χ2v) is 4.13. The molecule has 5 heteroatoms. The number of benzene rings is 1. The molecular formula is C13H14ClNO3. The van der Waals surface area contributed by atoms with Crippen LogP contribution >= 0.6 is 11.6 Å². The van der Waals surface area contributed by atoms with Gasteiger partial charge >= 0.3 is 0 Å². The molecule has 1 heterocycles. The van der Waals surface area contributed by atoms with E-state index in [1.165, 1.54) is 0 Å². The number of aliphatic hydroxyl groups is 1. The van der Waals surface area contributed by atoms with E-state index in [9.17, 15) is 0 Å². The van der Waals surface area contributed by atoms with Crippen LogP contribution in [0.4, 0.5) is 5.69 Å². The average Bonchev–Trinajstić information content (AvgIpc) is 2.86. The lowest BCUT2D eigenvalue weighted by molar-refractivity contribution is 0.244. The van der Waals surface area contributed by atoms with Crippen LogP contribution in [0.1, 0.15) is 11.5 Å². The highest BCUT2D eigenvalue weighted by Crippen LogP contribution is 2.27. The van der Waals surface area contributed by atoms with E-state index in [-0.39, 0.29) is 6.61 Å². The van der Waals surface area contributed by atoms with Gasteiger partial charge in [0.25, 0.3) is 0 Å². The van der Waals surface area contributed by atoms with E-state index in [0.717, 1.165) is 17.2 Å². The van der Waals surface area contributed by atoms with Gasteiger partial charge in [-0.3, -0.25) is 0 Å². The zero-order valence-electron chi connectivity index (χ0n) is 9.94. The first-order valence-corrected chi connectivity index (χ1v) is 5.86. The monoisotopic (exact) mass is 267 g/mol. The lowest BCUT2D eigenvalue weighted by Crippen LogP contribution is -1.99. The minimum absolute atomic E-state index is 0.0973. The van der Waals surface area contributed by atoms with Crippen LogP contribution in [-0.2, 0) is 13.2 Å². The molecule has 0 unspecified atom stereocenters. The average molecular weight is 268 g/mol. The lowest BCUT2D eigenvalue weighted by Gasteiger charge is -2.08. The van der Waals surface area contributed by atoms with E-state index < -0.39 is 0 Å². The van der Waals surface area contributed by atoms with Crippen LogP contribution in [0.15, 0.2) is 34.7 Å². The fraction of sp³-hybridized carbons (Fsp3) is 0.231. The molecule has 0 atom stereocenters. The van der Waals surface area contributed by atoms with Crippen molar-refractivity contribution in [2.45, 2.75) is 13.2 Å². The number of rotatable bonds is 5. The Kier molecular flexibility index (Phi) is 4.12. The van der Waals surface area contributed by atoms with E-state index in [4.69, 9.17) is 25.9 Å². The molecule has 1 aromatic carbocycles. The molecule has 0 amide bonds. The van der Waals surface area contributed by atoms with Crippen molar-refractivity contribution in [2.75, 3.05) is 12.4 Å². The van der Waals surface area contributed by atoms with Crippen molar-refractivity contribution in [3.05, 3.63) is 46.9 Å². The standard InChI is InChI=1S/C13H14ClNO3/c1-17-9-4-5-12(14)13(6-9)15-7-10-2-3-11(8-16)18-10/h2-6,15-16H,7-8H2,1H3. The Hall–Kier alpha value is -1.65. The van der Waals surface area contributed by atoms with Crippen LogP contribution in [0.3, 0.4) is 0 Å². The molecule has 96 valence electrons. The molecule has 2 aromatic rings. The minimum atomic E-state index is -0.0973. The van der Waals surface area contributed by atoms with Gasteiger partial charge in [-0.2, -0.15) is 0 Å². The summed E-state index contributed by atoms with van der Waals surface area (Å²) in [5.74, 6) is 2.01. The molecule has 2 N–H and O–H groups in total. The molecule has 0 aliphatic rings. The third kappa shape index (κ3) is 2.97. The highest BCUT2D eigenvalue weighted by Gasteiger charge is 2.04. The largest absolute Gasteiger partial charge is 0.497 e. The summed E-state index contributed by atoms with van der Waals surface area (Å²) < 4.78 is 10.5. The topological polar surface area (TPSA) is 54.6 Å². The summed E-state index contributed by atoms with van der Waals surface area (Å²) in [7, 11) is 1.60. The quantitative estimate of drug-likeness (QED) is 0.874. The molecule has 0 spiro atoms. The van der Waals surface area contributed by atoms with Crippen molar-refractivity contribution in [3.63, 3.8) is 0 Å². The van der Waals surface area contributed by atoms with Crippen LogP contribution in [0.25, 0.3) is 0 Å². The first-order valence-electron chi connectivity index (χ1n) is 5.49. The van der Waals surface area contributed by atoms with Gasteiger partial charge in [-0.1, -0.05) is 11.6 Å². The molecular weight excluding hydrogens is 254 g/mol. The molecule has 0 saturated heterocycles. The number of aliphatic hydroxyl groups excluding tert-OH is 1. The number of hydrogen-bond acceptors (Lipinski definition) is 4. The number of methoxy groups -OCH3 is 1. The molecule has 0 aliphatic heterocycles. The highest BCUT2D eigenvalue weighted by atomic mass is 35.5. The maximum atomic E-state index is 8.90. The summed E-state index contributed by atoms with van der Waals surface area (Å²) in [5.41, 5.74) is 0.776. The Morgan fingerprint density at radius 1 is 1.28 bits per heavy atom. The first kappa shape index (κ1) is 12.8. The van der Waals surface area contributed by atoms with Gasteiger partial charge < -0.3 is 19.6 Å². The second-order valence-electron chi connectivity index (χ2n) is 3.73. The van der Waals surface area contributed by atoms with Gasteiger partial charge in [-0.15, -0.1) is 0 Å². The van der Waals surface area contributed by atoms with Gasteiger partial charge in [0, 0.05) is 6.07 Å². The van der Waals surface area contributed by atoms with Crippen molar-refractivity contribution in [2.24, 2.45) is 0 Å². The fourth-order valence-corrected chi connectivity index (χ4v) is 1.74. The summed E-state index contributed by atoms with van der Waals surface area (Å²) in [6.07, 6.45) is 0. The molecule has 1 aromatic heterocycles. The Morgan fingerprint density at radius 2 is 2.06 bits per heavy atom. The van der Waals surface area contributed by atoms with E-state index in [1.807, 2.05) is 12.1 Å². The maximum Gasteiger partial charge on any atom is 0.129 e. The zero-order chi connectivity index (χ0) is 13.0. The first-order chi connectivity index (χ1) is 8.72. The van der Waals surface area contributed by atoms with Gasteiger partial charge in [0.05, 0.1) is 24.4 Å². The number of furan rings is 1. The Morgan fingerprint density at radius 3 is 2.72 bits per heavy atom. The van der Waals surface area contributed by atoms with Gasteiger partial charge in [-0.25, -0.2) is 0 Å². The lowest BCUT2D eigenvalue weighted by atomic mass is 10.3. The SMILES string of the molecule is COc1ccc(Cl)c(NCc2ccc(CO)o2)c1. The van der Waals surface area contributed by atoms with Crippen LogP contribution in [0.5, 0.6) is 5.75 Å².